The van der Waals surface area contributed by atoms with Crippen LogP contribution in [0.3, 0.4) is 0 Å². The largest absolute Gasteiger partial charge is 0.481 e. The van der Waals surface area contributed by atoms with Gasteiger partial charge in [-0.3, -0.25) is 9.48 Å². The van der Waals surface area contributed by atoms with E-state index in [2.05, 4.69) is 5.10 Å². The highest BCUT2D eigenvalue weighted by molar-refractivity contribution is 5.75. The molecular weight excluding hydrogens is 204 g/mol. The van der Waals surface area contributed by atoms with Crippen LogP contribution < -0.4 is 0 Å². The molecule has 0 amide bonds. The Morgan fingerprint density at radius 1 is 1.69 bits per heavy atom. The van der Waals surface area contributed by atoms with Gasteiger partial charge in [0.1, 0.15) is 0 Å². The molecule has 1 heterocycles. The molecule has 1 atom stereocenters. The minimum absolute atomic E-state index is 0.343. The van der Waals surface area contributed by atoms with Crippen molar-refractivity contribution in [2.45, 2.75) is 39.7 Å². The predicted molar refractivity (Wildman–Crippen MR) is 60.1 cm³/mol. The Morgan fingerprint density at radius 2 is 2.38 bits per heavy atom. The molecule has 1 aromatic rings. The summed E-state index contributed by atoms with van der Waals surface area (Å²) in [6.07, 6.45) is 6.42. The highest BCUT2D eigenvalue weighted by atomic mass is 16.4. The predicted octanol–water partition coefficient (Wildman–Crippen LogP) is 1.95. The summed E-state index contributed by atoms with van der Waals surface area (Å²) in [4.78, 5) is 11.4. The average Bonchev–Trinajstić information content (AvgIpc) is 3.00. The van der Waals surface area contributed by atoms with Gasteiger partial charge in [0.25, 0.3) is 0 Å². The van der Waals surface area contributed by atoms with Gasteiger partial charge < -0.3 is 5.11 Å². The zero-order chi connectivity index (χ0) is 11.8. The fraction of sp³-hybridized carbons (Fsp3) is 0.667. The highest BCUT2D eigenvalue weighted by Gasteiger charge is 2.47. The van der Waals surface area contributed by atoms with Gasteiger partial charge in [0, 0.05) is 12.7 Å². The van der Waals surface area contributed by atoms with E-state index >= 15 is 0 Å². The smallest absolute Gasteiger partial charge is 0.309 e. The van der Waals surface area contributed by atoms with E-state index in [9.17, 15) is 9.90 Å². The Kier molecular flexibility index (Phi) is 2.74. The molecule has 4 heteroatoms. The lowest BCUT2D eigenvalue weighted by molar-refractivity contribution is -0.149. The van der Waals surface area contributed by atoms with E-state index in [0.717, 1.165) is 24.9 Å². The fourth-order valence-electron chi connectivity index (χ4n) is 2.21. The molecule has 1 saturated carbocycles. The molecule has 88 valence electrons. The van der Waals surface area contributed by atoms with Crippen LogP contribution in [0.15, 0.2) is 12.4 Å². The number of aromatic nitrogens is 2. The molecule has 0 saturated heterocycles. The summed E-state index contributed by atoms with van der Waals surface area (Å²) in [7, 11) is 0. The molecule has 1 aliphatic rings. The first-order valence-corrected chi connectivity index (χ1v) is 5.81. The van der Waals surface area contributed by atoms with Crippen molar-refractivity contribution in [2.75, 3.05) is 0 Å². The fourth-order valence-corrected chi connectivity index (χ4v) is 2.21. The second-order valence-electron chi connectivity index (χ2n) is 4.88. The molecule has 1 fully saturated rings. The van der Waals surface area contributed by atoms with Gasteiger partial charge >= 0.3 is 5.97 Å². The molecule has 0 aromatic carbocycles. The van der Waals surface area contributed by atoms with Crippen molar-refractivity contribution < 1.29 is 9.90 Å². The molecule has 1 aliphatic carbocycles. The Morgan fingerprint density at radius 3 is 2.81 bits per heavy atom. The second kappa shape index (κ2) is 3.92. The van der Waals surface area contributed by atoms with Gasteiger partial charge in [-0.15, -0.1) is 0 Å². The quantitative estimate of drug-likeness (QED) is 0.828. The van der Waals surface area contributed by atoms with Gasteiger partial charge in [-0.25, -0.2) is 0 Å². The number of hydrogen-bond donors (Lipinski definition) is 1. The van der Waals surface area contributed by atoms with Crippen LogP contribution in [-0.4, -0.2) is 20.9 Å². The number of carboxylic acids is 1. The first kappa shape index (κ1) is 11.2. The Hall–Kier alpha value is -1.32. The van der Waals surface area contributed by atoms with E-state index in [1.54, 1.807) is 6.20 Å². The molecule has 0 spiro atoms. The number of carbonyl (C=O) groups is 1. The maximum Gasteiger partial charge on any atom is 0.309 e. The summed E-state index contributed by atoms with van der Waals surface area (Å²) in [6.45, 7) is 4.71. The Labute approximate surface area is 95.3 Å². The minimum Gasteiger partial charge on any atom is -0.481 e. The van der Waals surface area contributed by atoms with Crippen LogP contribution in [0.1, 0.15) is 32.3 Å². The van der Waals surface area contributed by atoms with Gasteiger partial charge in [-0.05, 0) is 44.6 Å². The number of aliphatic carboxylic acids is 1. The maximum atomic E-state index is 11.4. The average molecular weight is 222 g/mol. The molecule has 4 nitrogen and oxygen atoms in total. The van der Waals surface area contributed by atoms with E-state index in [4.69, 9.17) is 0 Å². The summed E-state index contributed by atoms with van der Waals surface area (Å²) in [6, 6.07) is 0. The number of hydrogen-bond acceptors (Lipinski definition) is 2. The molecule has 0 bridgehead atoms. The third kappa shape index (κ3) is 1.96. The molecule has 1 unspecified atom stereocenters. The molecule has 2 rings (SSSR count). The first-order valence-electron chi connectivity index (χ1n) is 5.81. The first-order chi connectivity index (χ1) is 7.56. The Balaban J connectivity index is 2.14. The molecule has 16 heavy (non-hydrogen) atoms. The van der Waals surface area contributed by atoms with Gasteiger partial charge in [0.2, 0.25) is 0 Å². The van der Waals surface area contributed by atoms with Crippen LogP contribution in [0.25, 0.3) is 0 Å². The Bertz CT molecular complexity index is 395. The van der Waals surface area contributed by atoms with E-state index in [0.29, 0.717) is 12.3 Å². The molecule has 0 aliphatic heterocycles. The van der Waals surface area contributed by atoms with Crippen molar-refractivity contribution in [1.29, 1.82) is 0 Å². The summed E-state index contributed by atoms with van der Waals surface area (Å²) in [5.41, 5.74) is 0.417. The third-order valence-corrected chi connectivity index (χ3v) is 3.55. The minimum atomic E-state index is -0.681. The van der Waals surface area contributed by atoms with Crippen molar-refractivity contribution in [3.05, 3.63) is 18.0 Å². The summed E-state index contributed by atoms with van der Waals surface area (Å²) >= 11 is 0. The lowest BCUT2D eigenvalue weighted by Crippen LogP contribution is -2.32. The normalized spacial score (nSPS) is 19.4. The molecule has 1 aromatic heterocycles. The van der Waals surface area contributed by atoms with E-state index in [1.165, 1.54) is 0 Å². The van der Waals surface area contributed by atoms with Crippen LogP contribution in [-0.2, 0) is 17.8 Å². The van der Waals surface area contributed by atoms with E-state index in [-0.39, 0.29) is 0 Å². The second-order valence-corrected chi connectivity index (χ2v) is 4.88. The van der Waals surface area contributed by atoms with Crippen molar-refractivity contribution in [1.82, 2.24) is 9.78 Å². The van der Waals surface area contributed by atoms with Crippen molar-refractivity contribution in [3.63, 3.8) is 0 Å². The maximum absolute atomic E-state index is 11.4. The molecular formula is C12H18N2O2. The zero-order valence-corrected chi connectivity index (χ0v) is 9.81. The van der Waals surface area contributed by atoms with Crippen LogP contribution in [0.4, 0.5) is 0 Å². The summed E-state index contributed by atoms with van der Waals surface area (Å²) in [5.74, 6) is -0.339. The van der Waals surface area contributed by atoms with Crippen molar-refractivity contribution >= 4 is 5.97 Å². The zero-order valence-electron chi connectivity index (χ0n) is 9.81. The van der Waals surface area contributed by atoms with Crippen molar-refractivity contribution in [3.8, 4) is 0 Å². The van der Waals surface area contributed by atoms with Crippen LogP contribution in [0.5, 0.6) is 0 Å². The third-order valence-electron chi connectivity index (χ3n) is 3.55. The van der Waals surface area contributed by atoms with Gasteiger partial charge in [-0.2, -0.15) is 5.10 Å². The lowest BCUT2D eigenvalue weighted by atomic mass is 9.80. The van der Waals surface area contributed by atoms with Gasteiger partial charge in [-0.1, -0.05) is 0 Å². The molecule has 1 N–H and O–H groups in total. The number of carboxylic acid groups (broad SMARTS) is 1. The topological polar surface area (TPSA) is 55.1 Å². The number of nitrogens with zero attached hydrogens (tertiary/aromatic N) is 2. The van der Waals surface area contributed by atoms with E-state index in [1.807, 2.05) is 24.7 Å². The SMILES string of the molecule is CCn1cc(CC(C)(C(=O)O)C2CC2)cn1. The lowest BCUT2D eigenvalue weighted by Gasteiger charge is -2.23. The van der Waals surface area contributed by atoms with Gasteiger partial charge in [0.15, 0.2) is 0 Å². The van der Waals surface area contributed by atoms with Gasteiger partial charge in [0.05, 0.1) is 11.6 Å². The van der Waals surface area contributed by atoms with E-state index < -0.39 is 11.4 Å². The van der Waals surface area contributed by atoms with Crippen LogP contribution in [0.2, 0.25) is 0 Å². The summed E-state index contributed by atoms with van der Waals surface area (Å²) < 4.78 is 1.84. The highest BCUT2D eigenvalue weighted by Crippen LogP contribution is 2.47. The summed E-state index contributed by atoms with van der Waals surface area (Å²) in [5, 5.41) is 13.5. The van der Waals surface area contributed by atoms with Crippen LogP contribution >= 0.6 is 0 Å². The number of aryl methyl sites for hydroxylation is 1. The van der Waals surface area contributed by atoms with Crippen molar-refractivity contribution in [2.24, 2.45) is 11.3 Å². The molecule has 0 radical (unpaired) electrons. The van der Waals surface area contributed by atoms with Crippen LogP contribution in [0, 0.1) is 11.3 Å². The monoisotopic (exact) mass is 222 g/mol. The number of rotatable bonds is 5. The standard InChI is InChI=1S/C12H18N2O2/c1-3-14-8-9(7-13-14)6-12(2,11(15)16)10-4-5-10/h7-8,10H,3-6H2,1-2H3,(H,15,16).